The van der Waals surface area contributed by atoms with Gasteiger partial charge in [-0.3, -0.25) is 15.0 Å². The van der Waals surface area contributed by atoms with E-state index in [0.717, 1.165) is 11.8 Å². The van der Waals surface area contributed by atoms with Gasteiger partial charge in [0.05, 0.1) is 21.6 Å². The van der Waals surface area contributed by atoms with Crippen molar-refractivity contribution in [2.75, 3.05) is 12.0 Å². The van der Waals surface area contributed by atoms with E-state index in [2.05, 4.69) is 4.98 Å². The first kappa shape index (κ1) is 24.2. The van der Waals surface area contributed by atoms with Crippen LogP contribution in [0.25, 0.3) is 11.1 Å². The standard InChI is InChI=1S/C22H21ClN2O5S2/c1-31-20(18-9-5-6-12-24-18)22(27,21(26)25-28)14-32(29,30)19-13-16(23)10-11-17(19)15-7-3-2-4-8-15/h2-13,20,27-28H,14H2,1H3,(H,25,26). The predicted octanol–water partition coefficient (Wildman–Crippen LogP) is 3.52. The minimum Gasteiger partial charge on any atom is -0.377 e. The van der Waals surface area contributed by atoms with E-state index in [0.29, 0.717) is 11.1 Å². The van der Waals surface area contributed by atoms with Crippen molar-refractivity contribution in [2.45, 2.75) is 15.7 Å². The fraction of sp³-hybridized carbons (Fsp3) is 0.182. The van der Waals surface area contributed by atoms with Crippen molar-refractivity contribution in [3.8, 4) is 11.1 Å². The number of nitrogens with one attached hydrogen (secondary N) is 1. The second-order valence-electron chi connectivity index (χ2n) is 7.00. The summed E-state index contributed by atoms with van der Waals surface area (Å²) < 4.78 is 27.1. The fourth-order valence-corrected chi connectivity index (χ4v) is 6.59. The monoisotopic (exact) mass is 492 g/mol. The maximum absolute atomic E-state index is 13.6. The molecule has 0 saturated carbocycles. The van der Waals surface area contributed by atoms with Crippen LogP contribution in [0.3, 0.4) is 0 Å². The summed E-state index contributed by atoms with van der Waals surface area (Å²) in [5.74, 6) is -2.26. The number of hydrogen-bond acceptors (Lipinski definition) is 7. The first-order valence-electron chi connectivity index (χ1n) is 9.41. The van der Waals surface area contributed by atoms with Crippen LogP contribution >= 0.6 is 23.4 Å². The van der Waals surface area contributed by atoms with Gasteiger partial charge in [0.15, 0.2) is 15.4 Å². The number of hydroxylamine groups is 1. The Morgan fingerprint density at radius 2 is 1.84 bits per heavy atom. The van der Waals surface area contributed by atoms with Crippen LogP contribution in [-0.4, -0.2) is 47.2 Å². The number of rotatable bonds is 8. The molecule has 32 heavy (non-hydrogen) atoms. The van der Waals surface area contributed by atoms with E-state index in [4.69, 9.17) is 11.6 Å². The van der Waals surface area contributed by atoms with Gasteiger partial charge in [0, 0.05) is 16.8 Å². The Balaban J connectivity index is 2.14. The van der Waals surface area contributed by atoms with Gasteiger partial charge in [0.25, 0.3) is 5.91 Å². The smallest absolute Gasteiger partial charge is 0.277 e. The van der Waals surface area contributed by atoms with E-state index >= 15 is 0 Å². The third kappa shape index (κ3) is 4.97. The van der Waals surface area contributed by atoms with Gasteiger partial charge in [-0.25, -0.2) is 13.9 Å². The van der Waals surface area contributed by atoms with Gasteiger partial charge in [-0.15, -0.1) is 0 Å². The number of halogens is 1. The van der Waals surface area contributed by atoms with Crippen LogP contribution in [0.2, 0.25) is 5.02 Å². The molecule has 0 spiro atoms. The summed E-state index contributed by atoms with van der Waals surface area (Å²) in [4.78, 5) is 16.6. The first-order chi connectivity index (χ1) is 15.2. The lowest BCUT2D eigenvalue weighted by Crippen LogP contribution is -2.54. The number of benzene rings is 2. The summed E-state index contributed by atoms with van der Waals surface area (Å²) >= 11 is 7.14. The molecule has 168 valence electrons. The molecular formula is C22H21ClN2O5S2. The van der Waals surface area contributed by atoms with Crippen molar-refractivity contribution in [2.24, 2.45) is 0 Å². The summed E-state index contributed by atoms with van der Waals surface area (Å²) in [7, 11) is -4.28. The summed E-state index contributed by atoms with van der Waals surface area (Å²) in [5, 5.41) is 19.8. The van der Waals surface area contributed by atoms with E-state index in [1.165, 1.54) is 17.7 Å². The quantitative estimate of drug-likeness (QED) is 0.325. The minimum atomic E-state index is -4.28. The summed E-state index contributed by atoms with van der Waals surface area (Å²) in [6.45, 7) is 0. The van der Waals surface area contributed by atoms with Crippen molar-refractivity contribution >= 4 is 39.1 Å². The second-order valence-corrected chi connectivity index (χ2v) is 10.3. The van der Waals surface area contributed by atoms with Crippen molar-refractivity contribution in [1.82, 2.24) is 10.5 Å². The third-order valence-corrected chi connectivity index (χ3v) is 8.06. The van der Waals surface area contributed by atoms with Crippen LogP contribution in [-0.2, 0) is 14.6 Å². The van der Waals surface area contributed by atoms with Gasteiger partial charge in [0.2, 0.25) is 0 Å². The van der Waals surface area contributed by atoms with Gasteiger partial charge in [0.1, 0.15) is 0 Å². The van der Waals surface area contributed by atoms with E-state index in [-0.39, 0.29) is 15.6 Å². The molecule has 0 fully saturated rings. The Hall–Kier alpha value is -2.43. The molecule has 3 rings (SSSR count). The zero-order valence-electron chi connectivity index (χ0n) is 17.0. The van der Waals surface area contributed by atoms with Crippen LogP contribution < -0.4 is 5.48 Å². The zero-order valence-corrected chi connectivity index (χ0v) is 19.4. The van der Waals surface area contributed by atoms with Crippen molar-refractivity contribution in [3.63, 3.8) is 0 Å². The number of carbonyl (C=O) groups is 1. The lowest BCUT2D eigenvalue weighted by atomic mass is 9.98. The largest absolute Gasteiger partial charge is 0.377 e. The number of aromatic nitrogens is 1. The van der Waals surface area contributed by atoms with Crippen LogP contribution in [0.5, 0.6) is 0 Å². The van der Waals surface area contributed by atoms with E-state index in [9.17, 15) is 23.5 Å². The molecule has 10 heteroatoms. The molecule has 1 amide bonds. The molecule has 0 aliphatic carbocycles. The molecule has 2 unspecified atom stereocenters. The highest BCUT2D eigenvalue weighted by Gasteiger charge is 2.49. The highest BCUT2D eigenvalue weighted by atomic mass is 35.5. The Morgan fingerprint density at radius 3 is 2.44 bits per heavy atom. The Bertz CT molecular complexity index is 1190. The molecule has 0 aliphatic heterocycles. The number of carbonyl (C=O) groups excluding carboxylic acids is 1. The highest BCUT2D eigenvalue weighted by molar-refractivity contribution is 7.99. The molecule has 3 N–H and O–H groups in total. The van der Waals surface area contributed by atoms with E-state index in [1.54, 1.807) is 66.9 Å². The fourth-order valence-electron chi connectivity index (χ4n) is 3.43. The maximum Gasteiger partial charge on any atom is 0.277 e. The number of aliphatic hydroxyl groups is 1. The van der Waals surface area contributed by atoms with Crippen LogP contribution in [0.1, 0.15) is 10.9 Å². The number of amides is 1. The average Bonchev–Trinajstić information content (AvgIpc) is 2.80. The molecule has 0 aliphatic rings. The number of thioether (sulfide) groups is 1. The molecule has 2 atom stereocenters. The van der Waals surface area contributed by atoms with Crippen molar-refractivity contribution < 1.29 is 23.5 Å². The van der Waals surface area contributed by atoms with E-state index in [1.807, 2.05) is 0 Å². The van der Waals surface area contributed by atoms with Gasteiger partial charge in [-0.1, -0.05) is 54.1 Å². The Kier molecular flexibility index (Phi) is 7.58. The summed E-state index contributed by atoms with van der Waals surface area (Å²) in [6, 6.07) is 18.1. The molecule has 3 aromatic rings. The zero-order chi connectivity index (χ0) is 23.4. The molecule has 2 aromatic carbocycles. The molecule has 1 heterocycles. The number of sulfone groups is 1. The average molecular weight is 493 g/mol. The minimum absolute atomic E-state index is 0.138. The molecule has 0 radical (unpaired) electrons. The van der Waals surface area contributed by atoms with Crippen molar-refractivity contribution in [3.05, 3.63) is 83.6 Å². The predicted molar refractivity (Wildman–Crippen MR) is 124 cm³/mol. The number of nitrogens with zero attached hydrogens (tertiary/aromatic N) is 1. The van der Waals surface area contributed by atoms with Gasteiger partial charge < -0.3 is 5.11 Å². The molecular weight excluding hydrogens is 472 g/mol. The second kappa shape index (κ2) is 10.0. The highest BCUT2D eigenvalue weighted by Crippen LogP contribution is 2.40. The number of hydrogen-bond donors (Lipinski definition) is 3. The van der Waals surface area contributed by atoms with Gasteiger partial charge in [-0.2, -0.15) is 11.8 Å². The molecule has 0 bridgehead atoms. The van der Waals surface area contributed by atoms with Gasteiger partial charge in [-0.05, 0) is 36.1 Å². The van der Waals surface area contributed by atoms with Crippen molar-refractivity contribution in [1.29, 1.82) is 0 Å². The van der Waals surface area contributed by atoms with Crippen LogP contribution in [0, 0.1) is 0 Å². The number of pyridine rings is 1. The Labute approximate surface area is 195 Å². The maximum atomic E-state index is 13.6. The normalized spacial score (nSPS) is 14.4. The lowest BCUT2D eigenvalue weighted by molar-refractivity contribution is -0.146. The SMILES string of the molecule is CSC(c1ccccn1)C(O)(CS(=O)(=O)c1cc(Cl)ccc1-c1ccccc1)C(=O)NO. The van der Waals surface area contributed by atoms with Crippen LogP contribution in [0.15, 0.2) is 77.8 Å². The molecule has 1 aromatic heterocycles. The summed E-state index contributed by atoms with van der Waals surface area (Å²) in [5.41, 5.74) is 0.163. The van der Waals surface area contributed by atoms with Crippen LogP contribution in [0.4, 0.5) is 0 Å². The lowest BCUT2D eigenvalue weighted by Gasteiger charge is -2.32. The summed E-state index contributed by atoms with van der Waals surface area (Å²) in [6.07, 6.45) is 3.07. The first-order valence-corrected chi connectivity index (χ1v) is 12.7. The van der Waals surface area contributed by atoms with Gasteiger partial charge >= 0.3 is 0 Å². The van der Waals surface area contributed by atoms with E-state index < -0.39 is 32.3 Å². The topological polar surface area (TPSA) is 117 Å². The molecule has 0 saturated heterocycles. The molecule has 7 nitrogen and oxygen atoms in total. The Morgan fingerprint density at radius 1 is 1.16 bits per heavy atom. The third-order valence-electron chi connectivity index (χ3n) is 4.89.